The molecule has 0 spiro atoms. The highest BCUT2D eigenvalue weighted by atomic mass is 16.3. The molecule has 1 aliphatic rings. The van der Waals surface area contributed by atoms with Crippen LogP contribution < -0.4 is 4.99 Å². The molecule has 32 valence electrons. The molecule has 0 amide bonds. The largest absolute Gasteiger partial charge is 0.393 e. The fourth-order valence-electron chi connectivity index (χ4n) is 0.259. The summed E-state index contributed by atoms with van der Waals surface area (Å²) in [7, 11) is 0. The Kier molecular flexibility index (Phi) is 0.725. The van der Waals surface area contributed by atoms with E-state index < -0.39 is 0 Å². The van der Waals surface area contributed by atoms with E-state index in [1.165, 1.54) is 0 Å². The van der Waals surface area contributed by atoms with Crippen LogP contribution in [0.25, 0.3) is 0 Å². The van der Waals surface area contributed by atoms with E-state index in [0.717, 1.165) is 5.57 Å². The first-order valence-corrected chi connectivity index (χ1v) is 1.75. The molecule has 0 unspecified atom stereocenters. The molecule has 2 nitrogen and oxygen atoms in total. The van der Waals surface area contributed by atoms with E-state index in [0.29, 0.717) is 0 Å². The van der Waals surface area contributed by atoms with Crippen LogP contribution in [0.3, 0.4) is 0 Å². The number of nitrogens with one attached hydrogen (secondary N) is 1. The van der Waals surface area contributed by atoms with Gasteiger partial charge in [-0.2, -0.15) is 0 Å². The molecule has 0 saturated heterocycles. The highest BCUT2D eigenvalue weighted by molar-refractivity contribution is 5.76. The van der Waals surface area contributed by atoms with Crippen LogP contribution in [0.2, 0.25) is 0 Å². The van der Waals surface area contributed by atoms with E-state index in [4.69, 9.17) is 5.11 Å². The zero-order valence-corrected chi connectivity index (χ0v) is 3.23. The average Bonchev–Trinajstić information content (AvgIpc) is 1.31. The monoisotopic (exact) mass is 83.0 g/mol. The molecule has 0 fully saturated rings. The van der Waals surface area contributed by atoms with Crippen LogP contribution >= 0.6 is 0 Å². The number of aliphatic hydroxyl groups excluding tert-OH is 1. The molecule has 0 aromatic heterocycles. The normalized spacial score (nSPS) is 16.5. The van der Waals surface area contributed by atoms with Crippen LogP contribution in [0.4, 0.5) is 0 Å². The highest BCUT2D eigenvalue weighted by Crippen LogP contribution is 1.80. The lowest BCUT2D eigenvalue weighted by atomic mass is 10.3. The maximum absolute atomic E-state index is 8.22. The van der Waals surface area contributed by atoms with E-state index in [9.17, 15) is 0 Å². The lowest BCUT2D eigenvalue weighted by Gasteiger charge is -1.96. The van der Waals surface area contributed by atoms with Crippen LogP contribution in [-0.4, -0.2) is 17.9 Å². The van der Waals surface area contributed by atoms with Crippen molar-refractivity contribution in [2.75, 3.05) is 6.61 Å². The number of hydrogen-bond acceptors (Lipinski definition) is 1. The molecule has 0 atom stereocenters. The van der Waals surface area contributed by atoms with Gasteiger partial charge >= 0.3 is 0 Å². The summed E-state index contributed by atoms with van der Waals surface area (Å²) in [4.78, 5) is 2.64. The Bertz CT molecular complexity index is 104. The molecule has 0 bridgehead atoms. The Morgan fingerprint density at radius 1 is 2.00 bits per heavy atom. The zero-order valence-electron chi connectivity index (χ0n) is 3.23. The third-order valence-corrected chi connectivity index (χ3v) is 0.649. The average molecular weight is 83.1 g/mol. The van der Waals surface area contributed by atoms with E-state index in [-0.39, 0.29) is 6.61 Å². The fourth-order valence-corrected chi connectivity index (χ4v) is 0.259. The minimum atomic E-state index is 0.104. The zero-order chi connectivity index (χ0) is 4.41. The first kappa shape index (κ1) is 3.56. The Morgan fingerprint density at radius 2 is 2.67 bits per heavy atom. The molecular weight excluding hydrogens is 78.0 g/mol. The second-order valence-corrected chi connectivity index (χ2v) is 1.10. The molecule has 0 aromatic carbocycles. The van der Waals surface area contributed by atoms with Gasteiger partial charge in [0.2, 0.25) is 0 Å². The molecule has 1 aliphatic heterocycles. The maximum Gasteiger partial charge on any atom is 0.123 e. The van der Waals surface area contributed by atoms with Gasteiger partial charge in [0.05, 0.1) is 12.8 Å². The number of hydrogen-bond donors (Lipinski definition) is 2. The van der Waals surface area contributed by atoms with Gasteiger partial charge in [-0.3, -0.25) is 0 Å². The molecule has 1 heterocycles. The van der Waals surface area contributed by atoms with Crippen molar-refractivity contribution in [1.29, 1.82) is 0 Å². The van der Waals surface area contributed by atoms with Gasteiger partial charge in [-0.05, 0) is 5.57 Å². The van der Waals surface area contributed by atoms with Crippen LogP contribution in [0.1, 0.15) is 0 Å². The van der Waals surface area contributed by atoms with Crippen molar-refractivity contribution in [2.45, 2.75) is 0 Å². The Hall–Kier alpha value is -0.630. The van der Waals surface area contributed by atoms with E-state index in [2.05, 4.69) is 11.2 Å². The third kappa shape index (κ3) is 0.348. The van der Waals surface area contributed by atoms with Gasteiger partial charge in [0.25, 0.3) is 0 Å². The maximum atomic E-state index is 8.22. The summed E-state index contributed by atoms with van der Waals surface area (Å²) in [6.45, 7) is 0.104. The smallest absolute Gasteiger partial charge is 0.123 e. The van der Waals surface area contributed by atoms with Crippen LogP contribution in [0.5, 0.6) is 0 Å². The summed E-state index contributed by atoms with van der Waals surface area (Å²) in [6.07, 6.45) is 4.36. The van der Waals surface area contributed by atoms with Crippen molar-refractivity contribution in [2.24, 2.45) is 0 Å². The van der Waals surface area contributed by atoms with Gasteiger partial charge in [-0.15, -0.1) is 0 Å². The second-order valence-electron chi connectivity index (χ2n) is 1.10. The number of rotatable bonds is 1. The summed E-state index contributed by atoms with van der Waals surface area (Å²) < 4.78 is 0. The summed E-state index contributed by atoms with van der Waals surface area (Å²) in [5.41, 5.74) is 0.843. The molecule has 1 rings (SSSR count). The minimum absolute atomic E-state index is 0.104. The van der Waals surface area contributed by atoms with Gasteiger partial charge in [0.1, 0.15) is 6.21 Å². The second kappa shape index (κ2) is 1.22. The lowest BCUT2D eigenvalue weighted by Crippen LogP contribution is -2.68. The minimum Gasteiger partial charge on any atom is -0.393 e. The molecule has 2 N–H and O–H groups in total. The van der Waals surface area contributed by atoms with Gasteiger partial charge in [-0.1, -0.05) is 0 Å². The predicted molar refractivity (Wildman–Crippen MR) is 21.1 cm³/mol. The van der Waals surface area contributed by atoms with Crippen molar-refractivity contribution in [3.63, 3.8) is 0 Å². The van der Waals surface area contributed by atoms with Crippen molar-refractivity contribution in [3.05, 3.63) is 11.8 Å². The van der Waals surface area contributed by atoms with E-state index >= 15 is 0 Å². The Balaban J connectivity index is 2.37. The summed E-state index contributed by atoms with van der Waals surface area (Å²) in [5.74, 6) is 0. The summed E-state index contributed by atoms with van der Waals surface area (Å²) in [6, 6.07) is 0. The molecule has 0 radical (unpaired) electrons. The predicted octanol–water partition coefficient (Wildman–Crippen LogP) is -2.10. The van der Waals surface area contributed by atoms with Gasteiger partial charge in [-0.25, -0.2) is 0 Å². The quantitative estimate of drug-likeness (QED) is 0.350. The van der Waals surface area contributed by atoms with Crippen molar-refractivity contribution in [3.8, 4) is 0 Å². The summed E-state index contributed by atoms with van der Waals surface area (Å²) in [5, 5.41) is 8.22. The molecule has 0 aromatic rings. The molecule has 2 heteroatoms. The van der Waals surface area contributed by atoms with E-state index in [1.54, 1.807) is 6.20 Å². The molecule has 6 heavy (non-hydrogen) atoms. The van der Waals surface area contributed by atoms with E-state index in [1.807, 2.05) is 0 Å². The topological polar surface area (TPSA) is 34.2 Å². The fraction of sp³-hybridized carbons (Fsp3) is 0.250. The Morgan fingerprint density at radius 3 is 2.67 bits per heavy atom. The SMILES string of the molecule is OCC1=C[NH+]=[C-]1. The number of aliphatic hydroxyl groups is 1. The third-order valence-electron chi connectivity index (χ3n) is 0.649. The van der Waals surface area contributed by atoms with Crippen molar-refractivity contribution < 1.29 is 10.1 Å². The standard InChI is InChI=1S/C4H5NO/c6-3-4-1-5-2-4/h1,5-6H,3H2. The molecule has 0 aliphatic carbocycles. The first-order valence-electron chi connectivity index (χ1n) is 1.75. The van der Waals surface area contributed by atoms with Crippen LogP contribution in [-0.2, 0) is 0 Å². The first-order chi connectivity index (χ1) is 2.93. The van der Waals surface area contributed by atoms with Crippen molar-refractivity contribution in [1.82, 2.24) is 0 Å². The highest BCUT2D eigenvalue weighted by Gasteiger charge is 1.93. The molecular formula is C4H5NO. The molecule has 0 saturated carbocycles. The lowest BCUT2D eigenvalue weighted by molar-refractivity contribution is -0.380. The van der Waals surface area contributed by atoms with Crippen LogP contribution in [0, 0.1) is 0 Å². The van der Waals surface area contributed by atoms with Crippen LogP contribution in [0.15, 0.2) is 11.8 Å². The summed E-state index contributed by atoms with van der Waals surface area (Å²) >= 11 is 0. The van der Waals surface area contributed by atoms with Gasteiger partial charge in [0.15, 0.2) is 0 Å². The Labute approximate surface area is 35.8 Å². The van der Waals surface area contributed by atoms with Crippen molar-refractivity contribution >= 4 is 6.21 Å². The van der Waals surface area contributed by atoms with Gasteiger partial charge in [0, 0.05) is 0 Å². The van der Waals surface area contributed by atoms with Gasteiger partial charge < -0.3 is 10.1 Å².